The first-order valence-corrected chi connectivity index (χ1v) is 7.55. The Labute approximate surface area is 121 Å². The lowest BCUT2D eigenvalue weighted by molar-refractivity contribution is 0.434. The highest BCUT2D eigenvalue weighted by Crippen LogP contribution is 2.36. The van der Waals surface area contributed by atoms with Crippen LogP contribution in [0.15, 0.2) is 48.8 Å². The minimum absolute atomic E-state index is 0.513. The molecule has 1 aromatic heterocycles. The van der Waals surface area contributed by atoms with E-state index in [4.69, 9.17) is 0 Å². The maximum atomic E-state index is 4.17. The zero-order valence-corrected chi connectivity index (χ0v) is 12.0. The zero-order chi connectivity index (χ0) is 13.8. The van der Waals surface area contributed by atoms with Gasteiger partial charge in [0.1, 0.15) is 0 Å². The lowest BCUT2D eigenvalue weighted by atomic mass is 9.81. The van der Waals surface area contributed by atoms with Crippen LogP contribution in [0.3, 0.4) is 0 Å². The lowest BCUT2D eigenvalue weighted by Crippen LogP contribution is -2.27. The zero-order valence-electron chi connectivity index (χ0n) is 12.0. The number of rotatable bonds is 4. The average Bonchev–Trinajstić information content (AvgIpc) is 2.51. The summed E-state index contributed by atoms with van der Waals surface area (Å²) in [5.41, 5.74) is 4.33. The summed E-state index contributed by atoms with van der Waals surface area (Å²) in [5, 5.41) is 3.72. The van der Waals surface area contributed by atoms with E-state index >= 15 is 0 Å². The molecule has 0 saturated carbocycles. The van der Waals surface area contributed by atoms with Crippen molar-refractivity contribution in [3.05, 3.63) is 65.5 Å². The van der Waals surface area contributed by atoms with Crippen LogP contribution in [0.5, 0.6) is 0 Å². The quantitative estimate of drug-likeness (QED) is 0.909. The lowest BCUT2D eigenvalue weighted by Gasteiger charge is -2.30. The van der Waals surface area contributed by atoms with Crippen molar-refractivity contribution in [3.8, 4) is 0 Å². The molecule has 2 aromatic rings. The molecule has 2 heteroatoms. The fraction of sp³-hybridized carbons (Fsp3) is 0.389. The van der Waals surface area contributed by atoms with E-state index in [1.807, 2.05) is 18.5 Å². The topological polar surface area (TPSA) is 24.9 Å². The fourth-order valence-corrected chi connectivity index (χ4v) is 3.15. The molecule has 0 saturated heterocycles. The van der Waals surface area contributed by atoms with E-state index in [9.17, 15) is 0 Å². The van der Waals surface area contributed by atoms with Gasteiger partial charge in [0, 0.05) is 18.4 Å². The van der Waals surface area contributed by atoms with Crippen LogP contribution in [0.4, 0.5) is 0 Å². The number of aromatic nitrogens is 1. The van der Waals surface area contributed by atoms with Crippen LogP contribution in [0.2, 0.25) is 0 Å². The SMILES string of the molecule is CC1CCC(NCCc2cccnc2)c2ccccc21. The van der Waals surface area contributed by atoms with Crippen LogP contribution in [-0.2, 0) is 6.42 Å². The van der Waals surface area contributed by atoms with Crippen molar-refractivity contribution in [2.75, 3.05) is 6.54 Å². The van der Waals surface area contributed by atoms with E-state index in [2.05, 4.69) is 47.6 Å². The molecule has 0 radical (unpaired) electrons. The van der Waals surface area contributed by atoms with Gasteiger partial charge in [-0.2, -0.15) is 0 Å². The molecule has 0 spiro atoms. The maximum absolute atomic E-state index is 4.17. The largest absolute Gasteiger partial charge is 0.310 e. The van der Waals surface area contributed by atoms with Crippen molar-refractivity contribution in [1.29, 1.82) is 0 Å². The number of hydrogen-bond donors (Lipinski definition) is 1. The number of fused-ring (bicyclic) bond motifs is 1. The van der Waals surface area contributed by atoms with Crippen molar-refractivity contribution in [1.82, 2.24) is 10.3 Å². The average molecular weight is 266 g/mol. The molecule has 3 rings (SSSR count). The normalized spacial score (nSPS) is 21.4. The molecule has 2 nitrogen and oxygen atoms in total. The van der Waals surface area contributed by atoms with Gasteiger partial charge in [0.05, 0.1) is 0 Å². The molecule has 104 valence electrons. The molecule has 0 bridgehead atoms. The summed E-state index contributed by atoms with van der Waals surface area (Å²) in [7, 11) is 0. The Morgan fingerprint density at radius 1 is 1.10 bits per heavy atom. The Bertz CT molecular complexity index is 550. The molecule has 2 atom stereocenters. The van der Waals surface area contributed by atoms with Crippen LogP contribution in [0.1, 0.15) is 48.4 Å². The summed E-state index contributed by atoms with van der Waals surface area (Å²) >= 11 is 0. The van der Waals surface area contributed by atoms with Gasteiger partial charge in [-0.15, -0.1) is 0 Å². The van der Waals surface area contributed by atoms with E-state index in [0.717, 1.165) is 13.0 Å². The first-order valence-electron chi connectivity index (χ1n) is 7.55. The molecule has 1 aliphatic rings. The first kappa shape index (κ1) is 13.3. The Kier molecular flexibility index (Phi) is 4.12. The smallest absolute Gasteiger partial charge is 0.0323 e. The fourth-order valence-electron chi connectivity index (χ4n) is 3.15. The van der Waals surface area contributed by atoms with E-state index in [1.165, 1.54) is 29.5 Å². The molecule has 1 heterocycles. The van der Waals surface area contributed by atoms with Gasteiger partial charge in [-0.3, -0.25) is 4.98 Å². The van der Waals surface area contributed by atoms with Gasteiger partial charge in [0.15, 0.2) is 0 Å². The van der Waals surface area contributed by atoms with Crippen LogP contribution in [-0.4, -0.2) is 11.5 Å². The second-order valence-electron chi connectivity index (χ2n) is 5.73. The highest BCUT2D eigenvalue weighted by molar-refractivity contribution is 5.34. The van der Waals surface area contributed by atoms with Crippen molar-refractivity contribution in [2.24, 2.45) is 0 Å². The molecular formula is C18H22N2. The van der Waals surface area contributed by atoms with Crippen molar-refractivity contribution < 1.29 is 0 Å². The molecule has 1 aliphatic carbocycles. The van der Waals surface area contributed by atoms with E-state index in [0.29, 0.717) is 12.0 Å². The Morgan fingerprint density at radius 2 is 1.95 bits per heavy atom. The predicted molar refractivity (Wildman–Crippen MR) is 82.8 cm³/mol. The van der Waals surface area contributed by atoms with Gasteiger partial charge < -0.3 is 5.32 Å². The third-order valence-corrected chi connectivity index (χ3v) is 4.32. The van der Waals surface area contributed by atoms with Crippen LogP contribution in [0.25, 0.3) is 0 Å². The summed E-state index contributed by atoms with van der Waals surface area (Å²) in [6, 6.07) is 13.6. The Morgan fingerprint density at radius 3 is 2.75 bits per heavy atom. The van der Waals surface area contributed by atoms with E-state index in [1.54, 1.807) is 0 Å². The van der Waals surface area contributed by atoms with Crippen LogP contribution < -0.4 is 5.32 Å². The molecule has 0 fully saturated rings. The minimum Gasteiger partial charge on any atom is -0.310 e. The summed E-state index contributed by atoms with van der Waals surface area (Å²) in [5.74, 6) is 0.697. The molecule has 20 heavy (non-hydrogen) atoms. The molecule has 1 aromatic carbocycles. The summed E-state index contributed by atoms with van der Waals surface area (Å²) in [6.45, 7) is 3.35. The molecular weight excluding hydrogens is 244 g/mol. The number of hydrogen-bond acceptors (Lipinski definition) is 2. The molecule has 1 N–H and O–H groups in total. The highest BCUT2D eigenvalue weighted by atomic mass is 14.9. The Balaban J connectivity index is 1.63. The van der Waals surface area contributed by atoms with Gasteiger partial charge in [-0.25, -0.2) is 0 Å². The van der Waals surface area contributed by atoms with Crippen molar-refractivity contribution in [3.63, 3.8) is 0 Å². The minimum atomic E-state index is 0.513. The van der Waals surface area contributed by atoms with Gasteiger partial charge in [-0.1, -0.05) is 37.3 Å². The second-order valence-corrected chi connectivity index (χ2v) is 5.73. The van der Waals surface area contributed by atoms with Crippen molar-refractivity contribution >= 4 is 0 Å². The Hall–Kier alpha value is -1.67. The second kappa shape index (κ2) is 6.19. The standard InChI is InChI=1S/C18H22N2/c1-14-8-9-18(17-7-3-2-6-16(14)17)20-12-10-15-5-4-11-19-13-15/h2-7,11,13-14,18,20H,8-10,12H2,1H3. The maximum Gasteiger partial charge on any atom is 0.0323 e. The summed E-state index contributed by atoms with van der Waals surface area (Å²) in [6.07, 6.45) is 7.35. The van der Waals surface area contributed by atoms with Crippen LogP contribution >= 0.6 is 0 Å². The highest BCUT2D eigenvalue weighted by Gasteiger charge is 2.23. The van der Waals surface area contributed by atoms with E-state index < -0.39 is 0 Å². The molecule has 0 aliphatic heterocycles. The van der Waals surface area contributed by atoms with Crippen molar-refractivity contribution in [2.45, 2.75) is 38.1 Å². The third kappa shape index (κ3) is 2.91. The van der Waals surface area contributed by atoms with Gasteiger partial charge in [0.25, 0.3) is 0 Å². The predicted octanol–water partition coefficient (Wildman–Crippen LogP) is 3.85. The molecule has 0 amide bonds. The monoisotopic (exact) mass is 266 g/mol. The number of nitrogens with one attached hydrogen (secondary N) is 1. The van der Waals surface area contributed by atoms with Gasteiger partial charge in [-0.05, 0) is 54.5 Å². The summed E-state index contributed by atoms with van der Waals surface area (Å²) < 4.78 is 0. The van der Waals surface area contributed by atoms with Gasteiger partial charge >= 0.3 is 0 Å². The molecule has 2 unspecified atom stereocenters. The third-order valence-electron chi connectivity index (χ3n) is 4.32. The first-order chi connectivity index (χ1) is 9.84. The van der Waals surface area contributed by atoms with Crippen LogP contribution in [0, 0.1) is 0 Å². The summed E-state index contributed by atoms with van der Waals surface area (Å²) in [4.78, 5) is 4.17. The van der Waals surface area contributed by atoms with E-state index in [-0.39, 0.29) is 0 Å². The van der Waals surface area contributed by atoms with Gasteiger partial charge in [0.2, 0.25) is 0 Å². The number of benzene rings is 1. The number of pyridine rings is 1. The number of nitrogens with zero attached hydrogens (tertiary/aromatic N) is 1.